The molecular formula is C46H47N3O6S2. The SMILES string of the molecule is N#Cc1ccc(S(=O)(=O)C[C@H](O)C2CCCC2)cc1.N#Cc1ccc(S(=O)(=O)C[C@H](O)C2CCCN2C(c2ccccc2)(c2ccccc2)c2ccccc2)cc1. The molecule has 0 spiro atoms. The van der Waals surface area contributed by atoms with Crippen molar-refractivity contribution in [3.05, 3.63) is 167 Å². The summed E-state index contributed by atoms with van der Waals surface area (Å²) >= 11 is 0. The van der Waals surface area contributed by atoms with Crippen molar-refractivity contribution in [3.8, 4) is 12.1 Å². The number of likely N-dealkylation sites (tertiary alicyclic amines) is 1. The summed E-state index contributed by atoms with van der Waals surface area (Å²) in [5.41, 5.74) is 3.29. The number of nitrogens with zero attached hydrogens (tertiary/aromatic N) is 3. The Kier molecular flexibility index (Phi) is 13.4. The molecule has 1 aliphatic heterocycles. The van der Waals surface area contributed by atoms with E-state index in [0.29, 0.717) is 24.1 Å². The maximum absolute atomic E-state index is 13.3. The van der Waals surface area contributed by atoms with Crippen LogP contribution >= 0.6 is 0 Å². The van der Waals surface area contributed by atoms with E-state index in [4.69, 9.17) is 10.5 Å². The average Bonchev–Trinajstić information content (AvgIpc) is 3.97. The van der Waals surface area contributed by atoms with Gasteiger partial charge < -0.3 is 10.2 Å². The summed E-state index contributed by atoms with van der Waals surface area (Å²) in [5, 5.41) is 39.3. The Morgan fingerprint density at radius 1 is 0.561 bits per heavy atom. The lowest BCUT2D eigenvalue weighted by Crippen LogP contribution is -2.54. The summed E-state index contributed by atoms with van der Waals surface area (Å²) in [6.07, 6.45) is 3.58. The average molecular weight is 802 g/mol. The quantitative estimate of drug-likeness (QED) is 0.126. The normalized spacial score (nSPS) is 17.4. The van der Waals surface area contributed by atoms with E-state index in [1.807, 2.05) is 66.7 Å². The van der Waals surface area contributed by atoms with Gasteiger partial charge in [-0.05, 0) is 96.8 Å². The molecule has 1 heterocycles. The van der Waals surface area contributed by atoms with Crippen LogP contribution in [-0.2, 0) is 25.2 Å². The molecule has 57 heavy (non-hydrogen) atoms. The van der Waals surface area contributed by atoms with E-state index in [2.05, 4.69) is 41.3 Å². The second kappa shape index (κ2) is 18.4. The maximum Gasteiger partial charge on any atom is 0.180 e. The number of nitriles is 2. The first-order valence-corrected chi connectivity index (χ1v) is 22.6. The molecule has 1 saturated heterocycles. The Labute approximate surface area is 336 Å². The van der Waals surface area contributed by atoms with Gasteiger partial charge >= 0.3 is 0 Å². The third-order valence-electron chi connectivity index (χ3n) is 11.2. The topological polar surface area (TPSA) is 160 Å². The Hall–Kier alpha value is -5.14. The Bertz CT molecular complexity index is 2280. The van der Waals surface area contributed by atoms with Gasteiger partial charge in [0.25, 0.3) is 0 Å². The zero-order valence-electron chi connectivity index (χ0n) is 31.6. The number of benzene rings is 5. The van der Waals surface area contributed by atoms with Gasteiger partial charge in [0.15, 0.2) is 19.7 Å². The van der Waals surface area contributed by atoms with Gasteiger partial charge in [-0.2, -0.15) is 10.5 Å². The van der Waals surface area contributed by atoms with Gasteiger partial charge in [0, 0.05) is 12.6 Å². The Balaban J connectivity index is 0.000000242. The predicted molar refractivity (Wildman–Crippen MR) is 219 cm³/mol. The molecule has 0 bridgehead atoms. The zero-order chi connectivity index (χ0) is 40.5. The number of hydrogen-bond donors (Lipinski definition) is 2. The lowest BCUT2D eigenvalue weighted by atomic mass is 9.75. The second-order valence-electron chi connectivity index (χ2n) is 14.7. The van der Waals surface area contributed by atoms with E-state index < -0.39 is 43.2 Å². The van der Waals surface area contributed by atoms with E-state index in [1.54, 1.807) is 0 Å². The van der Waals surface area contributed by atoms with E-state index in [0.717, 1.165) is 48.8 Å². The molecule has 2 N–H and O–H groups in total. The minimum absolute atomic E-state index is 0.105. The van der Waals surface area contributed by atoms with E-state index in [9.17, 15) is 27.0 Å². The van der Waals surface area contributed by atoms with Crippen LogP contribution in [0.3, 0.4) is 0 Å². The Morgan fingerprint density at radius 3 is 1.33 bits per heavy atom. The first-order valence-electron chi connectivity index (χ1n) is 19.2. The van der Waals surface area contributed by atoms with E-state index in [-0.39, 0.29) is 27.5 Å². The standard InChI is InChI=1S/C32H30N2O3S.C14H17NO3S/c33-23-25-18-20-29(21-19-25)38(36,37)24-31(35)30-17-10-22-34(30)32(26-11-4-1-5-12-26,27-13-6-2-7-14-27)28-15-8-3-9-16-28;15-9-11-5-7-13(8-6-11)19(17,18)10-14(16)12-3-1-2-4-12/h1-9,11-16,18-21,30-31,35H,10,17,22,24H2;5-8,12,14,16H,1-4,10H2/t30?,31-;14-/m00/s1. The van der Waals surface area contributed by atoms with Gasteiger partial charge in [0.2, 0.25) is 0 Å². The van der Waals surface area contributed by atoms with Crippen LogP contribution in [0.4, 0.5) is 0 Å². The number of rotatable bonds is 12. The van der Waals surface area contributed by atoms with Crippen molar-refractivity contribution < 1.29 is 27.0 Å². The van der Waals surface area contributed by atoms with Crippen LogP contribution in [0.5, 0.6) is 0 Å². The van der Waals surface area contributed by atoms with Gasteiger partial charge in [-0.25, -0.2) is 16.8 Å². The van der Waals surface area contributed by atoms with E-state index in [1.165, 1.54) is 48.5 Å². The van der Waals surface area contributed by atoms with Crippen molar-refractivity contribution >= 4 is 19.7 Å². The summed E-state index contributed by atoms with van der Waals surface area (Å²) in [6.45, 7) is 0.706. The molecule has 5 aromatic rings. The molecule has 9 nitrogen and oxygen atoms in total. The van der Waals surface area contributed by atoms with Crippen molar-refractivity contribution in [2.45, 2.75) is 72.1 Å². The smallest absolute Gasteiger partial charge is 0.180 e. The first-order chi connectivity index (χ1) is 27.5. The lowest BCUT2D eigenvalue weighted by Gasteiger charge is -2.47. The highest BCUT2D eigenvalue weighted by Crippen LogP contribution is 2.46. The maximum atomic E-state index is 13.3. The number of aliphatic hydroxyl groups excluding tert-OH is 2. The number of sulfone groups is 2. The van der Waals surface area contributed by atoms with Gasteiger partial charge in [-0.15, -0.1) is 0 Å². The molecule has 0 radical (unpaired) electrons. The molecule has 2 fully saturated rings. The minimum Gasteiger partial charge on any atom is -0.392 e. The van der Waals surface area contributed by atoms with Crippen molar-refractivity contribution in [3.63, 3.8) is 0 Å². The van der Waals surface area contributed by atoms with Gasteiger partial charge in [-0.3, -0.25) is 4.90 Å². The summed E-state index contributed by atoms with van der Waals surface area (Å²) in [6, 6.07) is 46.0. The molecule has 1 aliphatic carbocycles. The Morgan fingerprint density at radius 2 is 0.947 bits per heavy atom. The molecule has 1 unspecified atom stereocenters. The molecule has 5 aromatic carbocycles. The molecular weight excluding hydrogens is 755 g/mol. The van der Waals surface area contributed by atoms with Crippen LogP contribution in [0.1, 0.15) is 66.3 Å². The predicted octanol–water partition coefficient (Wildman–Crippen LogP) is 7.03. The lowest BCUT2D eigenvalue weighted by molar-refractivity contribution is 0.0451. The molecule has 2 aliphatic rings. The van der Waals surface area contributed by atoms with Crippen LogP contribution in [0.15, 0.2) is 149 Å². The van der Waals surface area contributed by atoms with Crippen LogP contribution in [-0.4, -0.2) is 68.2 Å². The van der Waals surface area contributed by atoms with Gasteiger partial charge in [0.05, 0.1) is 62.3 Å². The third kappa shape index (κ3) is 9.37. The summed E-state index contributed by atoms with van der Waals surface area (Å²) in [4.78, 5) is 2.58. The van der Waals surface area contributed by atoms with Crippen molar-refractivity contribution in [2.75, 3.05) is 18.1 Å². The van der Waals surface area contributed by atoms with Crippen molar-refractivity contribution in [2.24, 2.45) is 5.92 Å². The third-order valence-corrected chi connectivity index (χ3v) is 14.7. The summed E-state index contributed by atoms with van der Waals surface area (Å²) in [7, 11) is -7.25. The molecule has 0 amide bonds. The fourth-order valence-corrected chi connectivity index (χ4v) is 11.2. The monoisotopic (exact) mass is 801 g/mol. The summed E-state index contributed by atoms with van der Waals surface area (Å²) in [5.74, 6) is -0.522. The second-order valence-corrected chi connectivity index (χ2v) is 18.8. The van der Waals surface area contributed by atoms with Gasteiger partial charge in [-0.1, -0.05) is 104 Å². The van der Waals surface area contributed by atoms with Crippen LogP contribution in [0.2, 0.25) is 0 Å². The highest BCUT2D eigenvalue weighted by molar-refractivity contribution is 7.91. The van der Waals surface area contributed by atoms with Crippen molar-refractivity contribution in [1.29, 1.82) is 10.5 Å². The van der Waals surface area contributed by atoms with Crippen LogP contribution in [0, 0.1) is 28.6 Å². The highest BCUT2D eigenvalue weighted by Gasteiger charge is 2.49. The zero-order valence-corrected chi connectivity index (χ0v) is 33.3. The summed E-state index contributed by atoms with van der Waals surface area (Å²) < 4.78 is 50.9. The minimum atomic E-state index is -3.77. The highest BCUT2D eigenvalue weighted by atomic mass is 32.2. The molecule has 3 atom stereocenters. The molecule has 11 heteroatoms. The number of aliphatic hydroxyl groups is 2. The van der Waals surface area contributed by atoms with E-state index >= 15 is 0 Å². The molecule has 0 aromatic heterocycles. The van der Waals surface area contributed by atoms with Crippen LogP contribution in [0.25, 0.3) is 0 Å². The molecule has 7 rings (SSSR count). The molecule has 1 saturated carbocycles. The first kappa shape index (κ1) is 41.5. The van der Waals surface area contributed by atoms with Gasteiger partial charge in [0.1, 0.15) is 0 Å². The fourth-order valence-electron chi connectivity index (χ4n) is 8.35. The van der Waals surface area contributed by atoms with Crippen molar-refractivity contribution in [1.82, 2.24) is 4.90 Å². The number of hydrogen-bond acceptors (Lipinski definition) is 9. The largest absolute Gasteiger partial charge is 0.392 e. The van der Waals surface area contributed by atoms with Crippen LogP contribution < -0.4 is 0 Å². The fraction of sp³-hybridized carbons (Fsp3) is 0.304. The molecule has 294 valence electrons.